The summed E-state index contributed by atoms with van der Waals surface area (Å²) in [6, 6.07) is 5.59. The molecule has 0 N–H and O–H groups in total. The summed E-state index contributed by atoms with van der Waals surface area (Å²) in [6.07, 6.45) is -0.342. The summed E-state index contributed by atoms with van der Waals surface area (Å²) in [5.41, 5.74) is -1.80. The van der Waals surface area contributed by atoms with Gasteiger partial charge in [-0.25, -0.2) is 4.79 Å². The van der Waals surface area contributed by atoms with Crippen LogP contribution < -0.4 is 9.47 Å². The zero-order chi connectivity index (χ0) is 16.5. The van der Waals surface area contributed by atoms with Crippen molar-refractivity contribution in [1.29, 1.82) is 0 Å². The molecule has 22 heavy (non-hydrogen) atoms. The van der Waals surface area contributed by atoms with Crippen LogP contribution >= 0.6 is 15.9 Å². The third-order valence-electron chi connectivity index (χ3n) is 3.54. The first kappa shape index (κ1) is 17.1. The lowest BCUT2D eigenvalue weighted by Crippen LogP contribution is -2.54. The van der Waals surface area contributed by atoms with Crippen molar-refractivity contribution in [2.75, 3.05) is 13.7 Å². The zero-order valence-corrected chi connectivity index (χ0v) is 15.0. The van der Waals surface area contributed by atoms with E-state index in [0.29, 0.717) is 18.1 Å². The van der Waals surface area contributed by atoms with E-state index >= 15 is 0 Å². The van der Waals surface area contributed by atoms with Crippen LogP contribution in [-0.2, 0) is 14.3 Å². The van der Waals surface area contributed by atoms with Gasteiger partial charge in [0.25, 0.3) is 0 Å². The minimum absolute atomic E-state index is 0.341. The molecule has 1 aromatic rings. The molecule has 1 aliphatic rings. The molecule has 0 spiro atoms. The third-order valence-corrected chi connectivity index (χ3v) is 4.03. The van der Waals surface area contributed by atoms with Crippen molar-refractivity contribution in [3.63, 3.8) is 0 Å². The highest BCUT2D eigenvalue weighted by molar-refractivity contribution is 9.10. The Kier molecular flexibility index (Phi) is 4.73. The second-order valence-electron chi connectivity index (χ2n) is 6.22. The largest absolute Gasteiger partial charge is 0.486 e. The summed E-state index contributed by atoms with van der Waals surface area (Å²) in [5, 5.41) is 0. The number of esters is 1. The molecule has 1 aromatic carbocycles. The minimum Gasteiger partial charge on any atom is -0.486 e. The predicted molar refractivity (Wildman–Crippen MR) is 85.3 cm³/mol. The molecule has 1 aliphatic heterocycles. The molecule has 0 aliphatic carbocycles. The van der Waals surface area contributed by atoms with Gasteiger partial charge in [0.05, 0.1) is 7.11 Å². The molecular formula is C16H21BrO5. The van der Waals surface area contributed by atoms with Crippen molar-refractivity contribution < 1.29 is 23.7 Å². The Bertz CT molecular complexity index is 568. The molecule has 0 bridgehead atoms. The average molecular weight is 373 g/mol. The van der Waals surface area contributed by atoms with Crippen LogP contribution in [-0.4, -0.2) is 37.0 Å². The van der Waals surface area contributed by atoms with Crippen LogP contribution in [0.1, 0.15) is 27.7 Å². The van der Waals surface area contributed by atoms with Gasteiger partial charge >= 0.3 is 5.97 Å². The summed E-state index contributed by atoms with van der Waals surface area (Å²) in [5.74, 6) is 0.919. The van der Waals surface area contributed by atoms with E-state index in [1.54, 1.807) is 13.8 Å². The molecule has 1 atom stereocenters. The lowest BCUT2D eigenvalue weighted by molar-refractivity contribution is -0.200. The summed E-state index contributed by atoms with van der Waals surface area (Å²) in [6.45, 7) is 7.43. The Balaban J connectivity index is 2.14. The van der Waals surface area contributed by atoms with Crippen molar-refractivity contribution in [3.05, 3.63) is 22.7 Å². The zero-order valence-electron chi connectivity index (χ0n) is 13.4. The van der Waals surface area contributed by atoms with Crippen molar-refractivity contribution in [3.8, 4) is 11.5 Å². The molecule has 0 aromatic heterocycles. The van der Waals surface area contributed by atoms with Gasteiger partial charge in [-0.1, -0.05) is 15.9 Å². The standard InChI is InChI=1S/C16H21BrO5/c1-15(2,22-16(3,4)14(18)19-5)13-9-20-12-8-10(17)6-7-11(12)21-13/h6-8,13H,9H2,1-5H3/t13-/m1/s1. The van der Waals surface area contributed by atoms with Gasteiger partial charge in [-0.2, -0.15) is 0 Å². The average Bonchev–Trinajstić information content (AvgIpc) is 2.44. The lowest BCUT2D eigenvalue weighted by Gasteiger charge is -2.41. The Morgan fingerprint density at radius 1 is 1.27 bits per heavy atom. The Hall–Kier alpha value is -1.27. The minimum atomic E-state index is -1.07. The first-order valence-corrected chi connectivity index (χ1v) is 7.82. The van der Waals surface area contributed by atoms with Gasteiger partial charge in [-0.05, 0) is 45.9 Å². The Morgan fingerprint density at radius 3 is 2.59 bits per heavy atom. The van der Waals surface area contributed by atoms with Gasteiger partial charge in [0, 0.05) is 4.47 Å². The van der Waals surface area contributed by atoms with Crippen molar-refractivity contribution in [2.24, 2.45) is 0 Å². The fraction of sp³-hybridized carbons (Fsp3) is 0.562. The van der Waals surface area contributed by atoms with E-state index < -0.39 is 17.2 Å². The van der Waals surface area contributed by atoms with Crippen LogP contribution in [0.5, 0.6) is 11.5 Å². The molecule has 6 heteroatoms. The van der Waals surface area contributed by atoms with E-state index in [2.05, 4.69) is 15.9 Å². The monoisotopic (exact) mass is 372 g/mol. The Morgan fingerprint density at radius 2 is 1.95 bits per heavy atom. The molecule has 2 rings (SSSR count). The number of fused-ring (bicyclic) bond motifs is 1. The molecule has 0 fully saturated rings. The summed E-state index contributed by atoms with van der Waals surface area (Å²) in [7, 11) is 1.34. The van der Waals surface area contributed by atoms with E-state index in [-0.39, 0.29) is 6.10 Å². The van der Waals surface area contributed by atoms with Gasteiger partial charge in [-0.15, -0.1) is 0 Å². The molecule has 5 nitrogen and oxygen atoms in total. The van der Waals surface area contributed by atoms with E-state index in [1.807, 2.05) is 32.0 Å². The first-order valence-electron chi connectivity index (χ1n) is 7.03. The molecule has 0 saturated heterocycles. The van der Waals surface area contributed by atoms with Crippen molar-refractivity contribution in [1.82, 2.24) is 0 Å². The summed E-state index contributed by atoms with van der Waals surface area (Å²) in [4.78, 5) is 11.8. The van der Waals surface area contributed by atoms with Gasteiger partial charge in [0.1, 0.15) is 12.2 Å². The fourth-order valence-electron chi connectivity index (χ4n) is 2.40. The number of halogens is 1. The van der Waals surface area contributed by atoms with Gasteiger partial charge < -0.3 is 18.9 Å². The number of hydrogen-bond donors (Lipinski definition) is 0. The predicted octanol–water partition coefficient (Wildman–Crippen LogP) is 3.34. The topological polar surface area (TPSA) is 54.0 Å². The maximum absolute atomic E-state index is 11.8. The fourth-order valence-corrected chi connectivity index (χ4v) is 2.74. The number of rotatable bonds is 4. The lowest BCUT2D eigenvalue weighted by atomic mass is 9.98. The smallest absolute Gasteiger partial charge is 0.337 e. The van der Waals surface area contributed by atoms with E-state index in [9.17, 15) is 4.79 Å². The van der Waals surface area contributed by atoms with Crippen LogP contribution in [0.15, 0.2) is 22.7 Å². The second-order valence-corrected chi connectivity index (χ2v) is 7.13. The normalized spacial score (nSPS) is 18.0. The molecule has 0 saturated carbocycles. The van der Waals surface area contributed by atoms with Crippen LogP contribution in [0.4, 0.5) is 0 Å². The highest BCUT2D eigenvalue weighted by Gasteiger charge is 2.43. The second kappa shape index (κ2) is 6.08. The van der Waals surface area contributed by atoms with Crippen LogP contribution in [0.3, 0.4) is 0 Å². The first-order chi connectivity index (χ1) is 10.2. The molecule has 1 heterocycles. The quantitative estimate of drug-likeness (QED) is 0.758. The maximum Gasteiger partial charge on any atom is 0.337 e. The number of hydrogen-bond acceptors (Lipinski definition) is 5. The summed E-state index contributed by atoms with van der Waals surface area (Å²) >= 11 is 3.40. The van der Waals surface area contributed by atoms with Gasteiger partial charge in [0.15, 0.2) is 23.2 Å². The Labute approximate surface area is 139 Å². The van der Waals surface area contributed by atoms with Gasteiger partial charge in [0.2, 0.25) is 0 Å². The van der Waals surface area contributed by atoms with E-state index in [1.165, 1.54) is 7.11 Å². The number of ether oxygens (including phenoxy) is 4. The van der Waals surface area contributed by atoms with Crippen molar-refractivity contribution >= 4 is 21.9 Å². The number of methoxy groups -OCH3 is 1. The molecule has 0 amide bonds. The highest BCUT2D eigenvalue weighted by Crippen LogP contribution is 2.37. The van der Waals surface area contributed by atoms with Crippen LogP contribution in [0.25, 0.3) is 0 Å². The van der Waals surface area contributed by atoms with E-state index in [0.717, 1.165) is 4.47 Å². The molecule has 122 valence electrons. The van der Waals surface area contributed by atoms with Crippen LogP contribution in [0.2, 0.25) is 0 Å². The number of carbonyl (C=O) groups excluding carboxylic acids is 1. The highest BCUT2D eigenvalue weighted by atomic mass is 79.9. The molecular weight excluding hydrogens is 352 g/mol. The molecule has 0 unspecified atom stereocenters. The third kappa shape index (κ3) is 3.55. The number of carbonyl (C=O) groups is 1. The van der Waals surface area contributed by atoms with E-state index in [4.69, 9.17) is 18.9 Å². The number of benzene rings is 1. The maximum atomic E-state index is 11.8. The van der Waals surface area contributed by atoms with Crippen molar-refractivity contribution in [2.45, 2.75) is 45.0 Å². The SMILES string of the molecule is COC(=O)C(C)(C)OC(C)(C)[C@H]1COc2cc(Br)ccc2O1. The van der Waals surface area contributed by atoms with Crippen LogP contribution in [0, 0.1) is 0 Å². The molecule has 0 radical (unpaired) electrons. The summed E-state index contributed by atoms with van der Waals surface area (Å²) < 4.78 is 23.4. The van der Waals surface area contributed by atoms with Gasteiger partial charge in [-0.3, -0.25) is 0 Å².